The molecule has 1 aliphatic heterocycles. The summed E-state index contributed by atoms with van der Waals surface area (Å²) in [5.74, 6) is -1.27. The molecule has 0 radical (unpaired) electrons. The zero-order valence-electron chi connectivity index (χ0n) is 12.8. The third kappa shape index (κ3) is 5.04. The molecule has 0 aliphatic carbocycles. The zero-order chi connectivity index (χ0) is 17.7. The summed E-state index contributed by atoms with van der Waals surface area (Å²) in [6, 6.07) is 5.50. The minimum atomic E-state index is -4.81. The molecule has 132 valence electrons. The van der Waals surface area contributed by atoms with Crippen LogP contribution in [0.1, 0.15) is 12.8 Å². The summed E-state index contributed by atoms with van der Waals surface area (Å²) in [7, 11) is 0. The van der Waals surface area contributed by atoms with Crippen molar-refractivity contribution in [2.75, 3.05) is 25.0 Å². The first-order valence-corrected chi connectivity index (χ1v) is 7.42. The Bertz CT molecular complexity index is 599. The van der Waals surface area contributed by atoms with Gasteiger partial charge in [0.2, 0.25) is 11.8 Å². The van der Waals surface area contributed by atoms with Gasteiger partial charge in [-0.15, -0.1) is 13.2 Å². The van der Waals surface area contributed by atoms with Gasteiger partial charge in [-0.3, -0.25) is 9.59 Å². The lowest BCUT2D eigenvalue weighted by molar-refractivity contribution is -0.274. The molecule has 1 saturated heterocycles. The maximum absolute atomic E-state index is 12.3. The number of anilines is 1. The predicted molar refractivity (Wildman–Crippen MR) is 80.1 cm³/mol. The number of nitrogens with two attached hydrogens (primary N) is 1. The lowest BCUT2D eigenvalue weighted by Crippen LogP contribution is -2.43. The average molecular weight is 345 g/mol. The van der Waals surface area contributed by atoms with Crippen molar-refractivity contribution in [1.29, 1.82) is 0 Å². The highest BCUT2D eigenvalue weighted by Crippen LogP contribution is 2.29. The maximum atomic E-state index is 12.3. The molecule has 24 heavy (non-hydrogen) atoms. The molecular weight excluding hydrogens is 327 g/mol. The Morgan fingerprint density at radius 3 is 2.46 bits per heavy atom. The highest BCUT2D eigenvalue weighted by molar-refractivity contribution is 5.82. The van der Waals surface area contributed by atoms with Crippen LogP contribution in [-0.2, 0) is 9.59 Å². The second-order valence-electron chi connectivity index (χ2n) is 5.45. The fourth-order valence-corrected chi connectivity index (χ4v) is 2.52. The quantitative estimate of drug-likeness (QED) is 0.851. The minimum Gasteiger partial charge on any atom is -0.404 e. The molecule has 1 fully saturated rings. The van der Waals surface area contributed by atoms with Gasteiger partial charge in [-0.2, -0.15) is 0 Å². The molecule has 0 unspecified atom stereocenters. The van der Waals surface area contributed by atoms with E-state index in [0.29, 0.717) is 25.9 Å². The molecule has 3 N–H and O–H groups in total. The summed E-state index contributed by atoms with van der Waals surface area (Å²) >= 11 is 0. The van der Waals surface area contributed by atoms with Gasteiger partial charge in [-0.05, 0) is 25.0 Å². The van der Waals surface area contributed by atoms with Gasteiger partial charge in [-0.1, -0.05) is 12.1 Å². The van der Waals surface area contributed by atoms with E-state index < -0.39 is 12.1 Å². The van der Waals surface area contributed by atoms with E-state index in [0.717, 1.165) is 0 Å². The highest BCUT2D eigenvalue weighted by atomic mass is 19.4. The normalized spacial score (nSPS) is 15.9. The summed E-state index contributed by atoms with van der Waals surface area (Å²) < 4.78 is 41.0. The Labute approximate surface area is 136 Å². The number of ether oxygens (including phenoxy) is 1. The van der Waals surface area contributed by atoms with Gasteiger partial charge < -0.3 is 20.7 Å². The van der Waals surface area contributed by atoms with Crippen LogP contribution in [0.4, 0.5) is 18.9 Å². The molecule has 0 aromatic heterocycles. The van der Waals surface area contributed by atoms with Gasteiger partial charge in [0.05, 0.1) is 12.2 Å². The number of alkyl halides is 3. The van der Waals surface area contributed by atoms with Crippen LogP contribution < -0.4 is 15.8 Å². The monoisotopic (exact) mass is 345 g/mol. The Morgan fingerprint density at radius 1 is 1.25 bits per heavy atom. The van der Waals surface area contributed by atoms with E-state index in [9.17, 15) is 22.8 Å². The molecule has 1 aliphatic rings. The maximum Gasteiger partial charge on any atom is 0.573 e. The first kappa shape index (κ1) is 17.9. The number of benzene rings is 1. The second kappa shape index (κ2) is 7.41. The number of primary amides is 1. The van der Waals surface area contributed by atoms with Gasteiger partial charge in [0.25, 0.3) is 0 Å². The first-order chi connectivity index (χ1) is 11.3. The Hall–Kier alpha value is -2.45. The van der Waals surface area contributed by atoms with Crippen molar-refractivity contribution in [3.63, 3.8) is 0 Å². The van der Waals surface area contributed by atoms with Crippen LogP contribution in [0.2, 0.25) is 0 Å². The fraction of sp³-hybridized carbons (Fsp3) is 0.467. The van der Waals surface area contributed by atoms with E-state index in [4.69, 9.17) is 5.73 Å². The standard InChI is InChI=1S/C15H18F3N3O3/c16-15(17,18)24-12-4-2-1-3-11(12)20-9-13(22)21-7-5-10(6-8-21)14(19)23/h1-4,10,20H,5-9H2,(H2,19,23). The number of carbonyl (C=O) groups excluding carboxylic acids is 2. The molecule has 1 aromatic carbocycles. The number of likely N-dealkylation sites (tertiary alicyclic amines) is 1. The average Bonchev–Trinajstić information content (AvgIpc) is 2.52. The highest BCUT2D eigenvalue weighted by Gasteiger charge is 2.32. The molecule has 9 heteroatoms. The topological polar surface area (TPSA) is 84.7 Å². The number of hydrogen-bond acceptors (Lipinski definition) is 4. The van der Waals surface area contributed by atoms with E-state index in [1.165, 1.54) is 24.3 Å². The van der Waals surface area contributed by atoms with E-state index in [2.05, 4.69) is 10.1 Å². The van der Waals surface area contributed by atoms with E-state index in [-0.39, 0.29) is 30.0 Å². The number of nitrogens with zero attached hydrogens (tertiary/aromatic N) is 1. The summed E-state index contributed by atoms with van der Waals surface area (Å²) in [5.41, 5.74) is 5.31. The van der Waals surface area contributed by atoms with Crippen molar-refractivity contribution >= 4 is 17.5 Å². The Morgan fingerprint density at radius 2 is 1.88 bits per heavy atom. The van der Waals surface area contributed by atoms with Crippen molar-refractivity contribution in [3.8, 4) is 5.75 Å². The predicted octanol–water partition coefficient (Wildman–Crippen LogP) is 1.72. The van der Waals surface area contributed by atoms with Crippen molar-refractivity contribution in [2.45, 2.75) is 19.2 Å². The van der Waals surface area contributed by atoms with Crippen molar-refractivity contribution in [3.05, 3.63) is 24.3 Å². The van der Waals surface area contributed by atoms with E-state index in [1.54, 1.807) is 4.90 Å². The van der Waals surface area contributed by atoms with Gasteiger partial charge >= 0.3 is 6.36 Å². The van der Waals surface area contributed by atoms with Gasteiger partial charge in [0, 0.05) is 19.0 Å². The molecule has 0 saturated carbocycles. The summed E-state index contributed by atoms with van der Waals surface area (Å²) in [6.07, 6.45) is -3.82. The van der Waals surface area contributed by atoms with Crippen molar-refractivity contribution < 1.29 is 27.5 Å². The molecule has 0 bridgehead atoms. The molecule has 1 heterocycles. The number of halogens is 3. The second-order valence-corrected chi connectivity index (χ2v) is 5.45. The summed E-state index contributed by atoms with van der Waals surface area (Å²) in [6.45, 7) is 0.628. The lowest BCUT2D eigenvalue weighted by atomic mass is 9.96. The number of para-hydroxylation sites is 2. The molecule has 1 aromatic rings. The number of amides is 2. The zero-order valence-corrected chi connectivity index (χ0v) is 12.8. The number of hydrogen-bond donors (Lipinski definition) is 2. The number of nitrogens with one attached hydrogen (secondary N) is 1. The third-order valence-corrected chi connectivity index (χ3v) is 3.79. The van der Waals surface area contributed by atoms with Crippen LogP contribution in [-0.4, -0.2) is 42.7 Å². The van der Waals surface area contributed by atoms with Gasteiger partial charge in [0.15, 0.2) is 5.75 Å². The van der Waals surface area contributed by atoms with Gasteiger partial charge in [0.1, 0.15) is 0 Å². The number of piperidine rings is 1. The Kier molecular flexibility index (Phi) is 5.53. The van der Waals surface area contributed by atoms with Crippen LogP contribution in [0.3, 0.4) is 0 Å². The lowest BCUT2D eigenvalue weighted by Gasteiger charge is -2.30. The molecule has 6 nitrogen and oxygen atoms in total. The van der Waals surface area contributed by atoms with Crippen LogP contribution in [0, 0.1) is 5.92 Å². The molecule has 2 amide bonds. The third-order valence-electron chi connectivity index (χ3n) is 3.79. The van der Waals surface area contributed by atoms with Crippen LogP contribution >= 0.6 is 0 Å². The Balaban J connectivity index is 1.90. The summed E-state index contributed by atoms with van der Waals surface area (Å²) in [5, 5.41) is 2.66. The first-order valence-electron chi connectivity index (χ1n) is 7.42. The smallest absolute Gasteiger partial charge is 0.404 e. The van der Waals surface area contributed by atoms with E-state index >= 15 is 0 Å². The van der Waals surface area contributed by atoms with Crippen molar-refractivity contribution in [2.24, 2.45) is 11.7 Å². The van der Waals surface area contributed by atoms with Crippen LogP contribution in [0.15, 0.2) is 24.3 Å². The SMILES string of the molecule is NC(=O)C1CCN(C(=O)CNc2ccccc2OC(F)(F)F)CC1. The van der Waals surface area contributed by atoms with Crippen LogP contribution in [0.25, 0.3) is 0 Å². The fourth-order valence-electron chi connectivity index (χ4n) is 2.52. The molecular formula is C15H18F3N3O3. The van der Waals surface area contributed by atoms with E-state index in [1.807, 2.05) is 0 Å². The number of carbonyl (C=O) groups is 2. The number of rotatable bonds is 5. The van der Waals surface area contributed by atoms with Gasteiger partial charge in [-0.25, -0.2) is 0 Å². The van der Waals surface area contributed by atoms with Crippen LogP contribution in [0.5, 0.6) is 5.75 Å². The van der Waals surface area contributed by atoms with Crippen molar-refractivity contribution in [1.82, 2.24) is 4.90 Å². The molecule has 2 rings (SSSR count). The molecule has 0 atom stereocenters. The summed E-state index contributed by atoms with van der Waals surface area (Å²) in [4.78, 5) is 24.8. The molecule has 0 spiro atoms. The largest absolute Gasteiger partial charge is 0.573 e. The minimum absolute atomic E-state index is 0.0789.